The molecule has 8 N–H and O–H groups in total. The highest BCUT2D eigenvalue weighted by Gasteiger charge is 2.14. The first-order valence-electron chi connectivity index (χ1n) is 10.4. The minimum absolute atomic E-state index is 0.214. The predicted molar refractivity (Wildman–Crippen MR) is 124 cm³/mol. The number of nitrogens with one attached hydrogen (secondary N) is 6. The summed E-state index contributed by atoms with van der Waals surface area (Å²) in [5.41, 5.74) is 8.03. The van der Waals surface area contributed by atoms with Crippen LogP contribution in [0, 0.1) is 6.92 Å². The van der Waals surface area contributed by atoms with E-state index in [1.54, 1.807) is 43.7 Å². The smallest absolute Gasteiger partial charge is 0.323 e. The first-order chi connectivity index (χ1) is 15.9. The van der Waals surface area contributed by atoms with Crippen LogP contribution in [0.25, 0.3) is 0 Å². The summed E-state index contributed by atoms with van der Waals surface area (Å²) in [5.74, 6) is 0.00886. The van der Waals surface area contributed by atoms with Crippen LogP contribution >= 0.6 is 0 Å². The lowest BCUT2D eigenvalue weighted by Crippen LogP contribution is -2.39. The van der Waals surface area contributed by atoms with Gasteiger partial charge in [0, 0.05) is 48.5 Å². The molecule has 33 heavy (non-hydrogen) atoms. The molecule has 0 saturated carbocycles. The monoisotopic (exact) mass is 453 g/mol. The number of benzene rings is 1. The van der Waals surface area contributed by atoms with Gasteiger partial charge in [-0.1, -0.05) is 0 Å². The fourth-order valence-corrected chi connectivity index (χ4v) is 3.04. The van der Waals surface area contributed by atoms with E-state index < -0.39 is 11.7 Å². The number of aliphatic imine (C=N–C) groups is 1. The Hall–Kier alpha value is -4.35. The third-order valence-corrected chi connectivity index (χ3v) is 4.70. The van der Waals surface area contributed by atoms with E-state index in [0.29, 0.717) is 42.5 Å². The van der Waals surface area contributed by atoms with E-state index >= 15 is 0 Å². The molecule has 0 saturated heterocycles. The largest absolute Gasteiger partial charge is 0.370 e. The molecule has 1 aromatic carbocycles. The van der Waals surface area contributed by atoms with Gasteiger partial charge in [-0.05, 0) is 44.0 Å². The van der Waals surface area contributed by atoms with E-state index in [0.717, 1.165) is 18.5 Å². The maximum Gasteiger partial charge on any atom is 0.323 e. The van der Waals surface area contributed by atoms with Crippen molar-refractivity contribution in [2.45, 2.75) is 19.8 Å². The second-order valence-electron chi connectivity index (χ2n) is 7.24. The number of aromatic nitrogens is 4. The van der Waals surface area contributed by atoms with Gasteiger partial charge in [-0.3, -0.25) is 9.79 Å². The summed E-state index contributed by atoms with van der Waals surface area (Å²) < 4.78 is 0. The average Bonchev–Trinajstić information content (AvgIpc) is 3.43. The lowest BCUT2D eigenvalue weighted by molar-refractivity contribution is 0.103. The number of hydrogen-bond donors (Lipinski definition) is 7. The standard InChI is InChI=1S/C21H27N9O3/c1-13-17(30-21(33)28-13)18(31)14-4-6-15(7-5-14)29-20(32)26-10-9-25-19(22)24-8-2-3-16-11-23-12-27-16/h4-7,11-12H,2-3,8-10H2,1H3,(H,23,27)(H3,22,24,25)(H2,26,29,32)(H2,28,30,33). The van der Waals surface area contributed by atoms with Crippen molar-refractivity contribution < 1.29 is 9.59 Å². The van der Waals surface area contributed by atoms with E-state index in [4.69, 9.17) is 5.73 Å². The van der Waals surface area contributed by atoms with Gasteiger partial charge in [0.25, 0.3) is 0 Å². The Morgan fingerprint density at radius 3 is 2.55 bits per heavy atom. The van der Waals surface area contributed by atoms with Crippen molar-refractivity contribution in [1.82, 2.24) is 30.6 Å². The molecule has 3 rings (SSSR count). The third kappa shape index (κ3) is 7.09. The van der Waals surface area contributed by atoms with Crippen LogP contribution in [-0.2, 0) is 6.42 Å². The number of hydrogen-bond acceptors (Lipinski definition) is 5. The third-order valence-electron chi connectivity index (χ3n) is 4.70. The molecule has 0 spiro atoms. The SMILES string of the molecule is Cc1[nH]c(=O)[nH]c1C(=O)c1ccc(NC(=O)NCCNC(N)=NCCCc2cnc[nH]2)cc1. The molecule has 0 aliphatic heterocycles. The van der Waals surface area contributed by atoms with Crippen molar-refractivity contribution in [2.75, 3.05) is 25.0 Å². The number of ketones is 1. The number of H-pyrrole nitrogens is 3. The molecule has 0 fully saturated rings. The second kappa shape index (κ2) is 11.3. The maximum atomic E-state index is 12.5. The number of nitrogens with zero attached hydrogens (tertiary/aromatic N) is 2. The van der Waals surface area contributed by atoms with Gasteiger partial charge in [-0.2, -0.15) is 0 Å². The number of anilines is 1. The molecule has 2 heterocycles. The van der Waals surface area contributed by atoms with Crippen LogP contribution in [0.3, 0.4) is 0 Å². The van der Waals surface area contributed by atoms with E-state index in [1.165, 1.54) is 0 Å². The van der Waals surface area contributed by atoms with Crippen LogP contribution < -0.4 is 27.4 Å². The van der Waals surface area contributed by atoms with E-state index in [1.807, 2.05) is 0 Å². The Balaban J connectivity index is 1.35. The molecular formula is C21H27N9O3. The van der Waals surface area contributed by atoms with Crippen LogP contribution in [0.1, 0.15) is 33.9 Å². The highest BCUT2D eigenvalue weighted by Crippen LogP contribution is 2.13. The molecule has 174 valence electrons. The summed E-state index contributed by atoms with van der Waals surface area (Å²) in [6, 6.07) is 5.98. The van der Waals surface area contributed by atoms with Gasteiger partial charge >= 0.3 is 11.7 Å². The van der Waals surface area contributed by atoms with Crippen LogP contribution in [0.15, 0.2) is 46.6 Å². The molecule has 3 aromatic rings. The number of imidazole rings is 2. The zero-order valence-corrected chi connectivity index (χ0v) is 18.2. The zero-order valence-electron chi connectivity index (χ0n) is 18.2. The molecule has 12 heteroatoms. The number of carbonyl (C=O) groups is 2. The molecule has 0 atom stereocenters. The zero-order chi connectivity index (χ0) is 23.6. The number of nitrogens with two attached hydrogens (primary N) is 1. The fraction of sp³-hybridized carbons (Fsp3) is 0.286. The second-order valence-corrected chi connectivity index (χ2v) is 7.24. The molecular weight excluding hydrogens is 426 g/mol. The summed E-state index contributed by atoms with van der Waals surface area (Å²) in [7, 11) is 0. The average molecular weight is 454 g/mol. The highest BCUT2D eigenvalue weighted by molar-refractivity contribution is 6.08. The van der Waals surface area contributed by atoms with Crippen LogP contribution in [-0.4, -0.2) is 57.3 Å². The van der Waals surface area contributed by atoms with E-state index in [-0.39, 0.29) is 11.5 Å². The summed E-state index contributed by atoms with van der Waals surface area (Å²) >= 11 is 0. The Bertz CT molecular complexity index is 1140. The van der Waals surface area contributed by atoms with Gasteiger partial charge in [-0.15, -0.1) is 0 Å². The number of urea groups is 1. The maximum absolute atomic E-state index is 12.5. The highest BCUT2D eigenvalue weighted by atomic mass is 16.2. The topological polar surface area (TPSA) is 186 Å². The molecule has 0 bridgehead atoms. The van der Waals surface area contributed by atoms with Crippen molar-refractivity contribution >= 4 is 23.5 Å². The molecule has 2 aromatic heterocycles. The number of amides is 2. The lowest BCUT2D eigenvalue weighted by Gasteiger charge is -2.09. The number of rotatable bonds is 10. The number of aryl methyl sites for hydroxylation is 2. The van der Waals surface area contributed by atoms with Gasteiger partial charge in [0.1, 0.15) is 5.69 Å². The quantitative estimate of drug-likeness (QED) is 0.102. The van der Waals surface area contributed by atoms with Crippen LogP contribution in [0.4, 0.5) is 10.5 Å². The van der Waals surface area contributed by atoms with Crippen LogP contribution in [0.2, 0.25) is 0 Å². The van der Waals surface area contributed by atoms with E-state index in [2.05, 4.69) is 40.9 Å². The summed E-state index contributed by atoms with van der Waals surface area (Å²) in [6.07, 6.45) is 5.12. The molecule has 2 amide bonds. The summed E-state index contributed by atoms with van der Waals surface area (Å²) in [4.78, 5) is 52.0. The normalized spacial score (nSPS) is 11.2. The van der Waals surface area contributed by atoms with E-state index in [9.17, 15) is 14.4 Å². The van der Waals surface area contributed by atoms with Gasteiger partial charge in [0.2, 0.25) is 5.78 Å². The van der Waals surface area contributed by atoms with Crippen molar-refractivity contribution in [3.05, 3.63) is 69.9 Å². The molecule has 0 aliphatic carbocycles. The summed E-state index contributed by atoms with van der Waals surface area (Å²) in [6.45, 7) is 2.99. The Labute approximate surface area is 189 Å². The first kappa shape index (κ1) is 23.3. The minimum Gasteiger partial charge on any atom is -0.370 e. The van der Waals surface area contributed by atoms with Crippen molar-refractivity contribution in [3.63, 3.8) is 0 Å². The Kier molecular flexibility index (Phi) is 8.00. The van der Waals surface area contributed by atoms with Gasteiger partial charge in [0.15, 0.2) is 5.96 Å². The Morgan fingerprint density at radius 1 is 1.12 bits per heavy atom. The fourth-order valence-electron chi connectivity index (χ4n) is 3.04. The molecule has 0 unspecified atom stereocenters. The minimum atomic E-state index is -0.432. The number of guanidine groups is 1. The first-order valence-corrected chi connectivity index (χ1v) is 10.4. The summed E-state index contributed by atoms with van der Waals surface area (Å²) in [5, 5.41) is 8.32. The lowest BCUT2D eigenvalue weighted by atomic mass is 10.1. The van der Waals surface area contributed by atoms with Gasteiger partial charge in [-0.25, -0.2) is 14.6 Å². The molecule has 0 radical (unpaired) electrons. The van der Waals surface area contributed by atoms with Gasteiger partial charge < -0.3 is 36.6 Å². The van der Waals surface area contributed by atoms with Gasteiger partial charge in [0.05, 0.1) is 6.33 Å². The molecule has 0 aliphatic rings. The molecule has 12 nitrogen and oxygen atoms in total. The Morgan fingerprint density at radius 2 is 1.88 bits per heavy atom. The predicted octanol–water partition coefficient (Wildman–Crippen LogP) is 0.624. The number of aromatic amines is 3. The van der Waals surface area contributed by atoms with Crippen molar-refractivity contribution in [3.8, 4) is 0 Å². The van der Waals surface area contributed by atoms with Crippen molar-refractivity contribution in [2.24, 2.45) is 10.7 Å². The van der Waals surface area contributed by atoms with Crippen LogP contribution in [0.5, 0.6) is 0 Å². The number of carbonyl (C=O) groups excluding carboxylic acids is 2. The van der Waals surface area contributed by atoms with Crippen molar-refractivity contribution in [1.29, 1.82) is 0 Å².